The molecule has 2 aromatic rings. The van der Waals surface area contributed by atoms with Gasteiger partial charge in [0.25, 0.3) is 0 Å². The number of nitrogens with zero attached hydrogens (tertiary/aromatic N) is 2. The van der Waals surface area contributed by atoms with Gasteiger partial charge < -0.3 is 10.2 Å². The standard InChI is InChI=1S/C24H28BN3/c1-17-16-20(12-9-18-7-10-19(11-8-18)24(2,3)4)28-23(17)21(13-14-26)22-6-5-15-27(22)25-28/h5-12,15-16H,13-14,26H2,1-4H3/q+1. The monoisotopic (exact) mass is 369 g/mol. The summed E-state index contributed by atoms with van der Waals surface area (Å²) in [5.41, 5.74) is 15.0. The predicted octanol–water partition coefficient (Wildman–Crippen LogP) is 4.37. The Kier molecular flexibility index (Phi) is 4.76. The lowest BCUT2D eigenvalue weighted by Gasteiger charge is -2.19. The van der Waals surface area contributed by atoms with Crippen LogP contribution in [0.3, 0.4) is 0 Å². The first-order valence-corrected chi connectivity index (χ1v) is 9.97. The van der Waals surface area contributed by atoms with E-state index >= 15 is 0 Å². The molecular weight excluding hydrogens is 341 g/mol. The minimum Gasteiger partial charge on any atom is -0.330 e. The summed E-state index contributed by atoms with van der Waals surface area (Å²) in [6, 6.07) is 11.1. The fourth-order valence-electron chi connectivity index (χ4n) is 3.98. The van der Waals surface area contributed by atoms with E-state index in [1.54, 1.807) is 0 Å². The van der Waals surface area contributed by atoms with Gasteiger partial charge >= 0.3 is 7.55 Å². The van der Waals surface area contributed by atoms with Crippen molar-refractivity contribution in [2.24, 2.45) is 5.73 Å². The summed E-state index contributed by atoms with van der Waals surface area (Å²) in [6.45, 7) is 9.57. The van der Waals surface area contributed by atoms with E-state index in [2.05, 4.69) is 105 Å². The Bertz CT molecular complexity index is 1030. The minimum atomic E-state index is 0.179. The van der Waals surface area contributed by atoms with Crippen molar-refractivity contribution in [1.29, 1.82) is 0 Å². The summed E-state index contributed by atoms with van der Waals surface area (Å²) in [7, 11) is 2.17. The Labute approximate surface area is 168 Å². The zero-order chi connectivity index (χ0) is 19.9. The number of nitrogens with two attached hydrogens (primary N) is 1. The van der Waals surface area contributed by atoms with E-state index in [-0.39, 0.29) is 5.41 Å². The van der Waals surface area contributed by atoms with Gasteiger partial charge in [-0.3, -0.25) is 4.49 Å². The first-order valence-electron chi connectivity index (χ1n) is 9.97. The molecule has 0 unspecified atom stereocenters. The first-order chi connectivity index (χ1) is 13.4. The van der Waals surface area contributed by atoms with Crippen molar-refractivity contribution in [3.63, 3.8) is 0 Å². The van der Waals surface area contributed by atoms with Crippen LogP contribution in [0.15, 0.2) is 48.2 Å². The maximum Gasteiger partial charge on any atom is 0.699 e. The third kappa shape index (κ3) is 3.33. The summed E-state index contributed by atoms with van der Waals surface area (Å²) in [4.78, 5) is 0. The fraction of sp³-hybridized carbons (Fsp3) is 0.292. The van der Waals surface area contributed by atoms with Crippen LogP contribution >= 0.6 is 0 Å². The molecule has 1 radical (unpaired) electrons. The summed E-state index contributed by atoms with van der Waals surface area (Å²) in [5, 5.41) is 0. The van der Waals surface area contributed by atoms with E-state index in [0.29, 0.717) is 6.54 Å². The zero-order valence-corrected chi connectivity index (χ0v) is 17.2. The van der Waals surface area contributed by atoms with Crippen LogP contribution in [0.25, 0.3) is 17.7 Å². The van der Waals surface area contributed by atoms with E-state index in [1.165, 1.54) is 39.3 Å². The van der Waals surface area contributed by atoms with Crippen molar-refractivity contribution in [3.05, 3.63) is 76.3 Å². The molecule has 0 fully saturated rings. The number of fused-ring (bicyclic) bond motifs is 2. The molecule has 1 aromatic carbocycles. The Morgan fingerprint density at radius 1 is 1.14 bits per heavy atom. The molecule has 2 aliphatic rings. The van der Waals surface area contributed by atoms with Gasteiger partial charge in [-0.2, -0.15) is 0 Å². The van der Waals surface area contributed by atoms with Gasteiger partial charge in [-0.05, 0) is 54.1 Å². The highest BCUT2D eigenvalue weighted by molar-refractivity contribution is 6.28. The Balaban J connectivity index is 1.68. The lowest BCUT2D eigenvalue weighted by atomic mass is 9.87. The average Bonchev–Trinajstić information content (AvgIpc) is 3.24. The normalized spacial score (nSPS) is 15.7. The minimum absolute atomic E-state index is 0.179. The molecule has 0 saturated heterocycles. The summed E-state index contributed by atoms with van der Waals surface area (Å²) in [5.74, 6) is 0. The molecule has 0 spiro atoms. The van der Waals surface area contributed by atoms with E-state index in [4.69, 9.17) is 5.73 Å². The summed E-state index contributed by atoms with van der Waals surface area (Å²) < 4.78 is 4.47. The largest absolute Gasteiger partial charge is 0.699 e. The molecule has 3 nitrogen and oxygen atoms in total. The second-order valence-electron chi connectivity index (χ2n) is 8.61. The lowest BCUT2D eigenvalue weighted by molar-refractivity contribution is -0.307. The third-order valence-corrected chi connectivity index (χ3v) is 5.49. The van der Waals surface area contributed by atoms with Crippen LogP contribution in [-0.4, -0.2) is 29.3 Å². The van der Waals surface area contributed by atoms with Crippen molar-refractivity contribution >= 4 is 31.5 Å². The van der Waals surface area contributed by atoms with Crippen LogP contribution in [0.5, 0.6) is 0 Å². The van der Waals surface area contributed by atoms with Crippen LogP contribution in [-0.2, 0) is 5.41 Å². The highest BCUT2D eigenvalue weighted by Gasteiger charge is 2.34. The maximum atomic E-state index is 5.91. The van der Waals surface area contributed by atoms with Gasteiger partial charge in [0, 0.05) is 29.1 Å². The van der Waals surface area contributed by atoms with Gasteiger partial charge in [0.15, 0.2) is 5.70 Å². The predicted molar refractivity (Wildman–Crippen MR) is 120 cm³/mol. The maximum absolute atomic E-state index is 5.91. The molecule has 1 aromatic heterocycles. The van der Waals surface area contributed by atoms with E-state index < -0.39 is 0 Å². The van der Waals surface area contributed by atoms with E-state index in [0.717, 1.165) is 6.42 Å². The van der Waals surface area contributed by atoms with Crippen LogP contribution in [0.4, 0.5) is 0 Å². The zero-order valence-electron chi connectivity index (χ0n) is 17.2. The molecule has 3 heterocycles. The summed E-state index contributed by atoms with van der Waals surface area (Å²) >= 11 is 0. The van der Waals surface area contributed by atoms with Gasteiger partial charge in [-0.25, -0.2) is 0 Å². The van der Waals surface area contributed by atoms with E-state index in [9.17, 15) is 0 Å². The van der Waals surface area contributed by atoms with Crippen molar-refractivity contribution in [2.45, 2.75) is 39.5 Å². The molecule has 2 N–H and O–H groups in total. The fourth-order valence-corrected chi connectivity index (χ4v) is 3.98. The smallest absolute Gasteiger partial charge is 0.330 e. The van der Waals surface area contributed by atoms with E-state index in [1.807, 2.05) is 0 Å². The number of hydrogen-bond donors (Lipinski definition) is 1. The van der Waals surface area contributed by atoms with Gasteiger partial charge in [0.1, 0.15) is 6.21 Å². The molecule has 0 aliphatic carbocycles. The number of benzene rings is 1. The molecule has 0 atom stereocenters. The van der Waals surface area contributed by atoms with Crippen LogP contribution < -0.4 is 5.73 Å². The molecular formula is C24H28BN3+. The van der Waals surface area contributed by atoms with Crippen molar-refractivity contribution in [2.75, 3.05) is 6.54 Å². The molecule has 141 valence electrons. The second kappa shape index (κ2) is 7.10. The van der Waals surface area contributed by atoms with Crippen LogP contribution in [0, 0.1) is 6.92 Å². The molecule has 4 rings (SSSR count). The van der Waals surface area contributed by atoms with Crippen molar-refractivity contribution < 1.29 is 4.49 Å². The second-order valence-corrected chi connectivity index (χ2v) is 8.61. The molecule has 0 bridgehead atoms. The number of aromatic nitrogens is 1. The number of allylic oxidation sites excluding steroid dienone is 2. The lowest BCUT2D eigenvalue weighted by Crippen LogP contribution is -2.30. The van der Waals surface area contributed by atoms with Gasteiger partial charge in [-0.1, -0.05) is 51.1 Å². The van der Waals surface area contributed by atoms with Gasteiger partial charge in [0.05, 0.1) is 0 Å². The summed E-state index contributed by atoms with van der Waals surface area (Å²) in [6.07, 6.45) is 11.6. The SMILES string of the molecule is Cc1cc(C=Cc2ccc(C(C)(C)C)cc2)n2c1C(CCN)=C1C=CC=[N+]1[B]2. The molecule has 4 heteroatoms. The number of aryl methyl sites for hydroxylation is 1. The molecule has 2 aliphatic heterocycles. The van der Waals surface area contributed by atoms with Crippen LogP contribution in [0.1, 0.15) is 55.3 Å². The average molecular weight is 369 g/mol. The third-order valence-electron chi connectivity index (χ3n) is 5.49. The Morgan fingerprint density at radius 2 is 1.89 bits per heavy atom. The Hall–Kier alpha value is -2.59. The molecule has 0 saturated carbocycles. The van der Waals surface area contributed by atoms with Crippen molar-refractivity contribution in [3.8, 4) is 0 Å². The topological polar surface area (TPSA) is 34.0 Å². The van der Waals surface area contributed by atoms with Crippen LogP contribution in [0.2, 0.25) is 0 Å². The quantitative estimate of drug-likeness (QED) is 0.798. The first kappa shape index (κ1) is 18.8. The number of hydrogen-bond acceptors (Lipinski definition) is 1. The van der Waals surface area contributed by atoms with Gasteiger partial charge in [-0.15, -0.1) is 0 Å². The Morgan fingerprint density at radius 3 is 2.57 bits per heavy atom. The van der Waals surface area contributed by atoms with Gasteiger partial charge in [0.2, 0.25) is 0 Å². The number of rotatable bonds is 4. The van der Waals surface area contributed by atoms with Crippen molar-refractivity contribution in [1.82, 2.24) is 4.48 Å². The molecule has 0 amide bonds. The highest BCUT2D eigenvalue weighted by Crippen LogP contribution is 2.33. The highest BCUT2D eigenvalue weighted by atomic mass is 15.1. The molecule has 28 heavy (non-hydrogen) atoms.